The Hall–Kier alpha value is -2.24. The minimum Gasteiger partial charge on any atom is -0.343 e. The molecule has 2 aromatic rings. The fraction of sp³-hybridized carbons (Fsp3) is 0.500. The van der Waals surface area contributed by atoms with Gasteiger partial charge in [0.15, 0.2) is 5.82 Å². The average molecular weight is 329 g/mol. The molecule has 1 aromatic heterocycles. The van der Waals surface area contributed by atoms with Gasteiger partial charge in [-0.3, -0.25) is 4.79 Å². The molecule has 5 nitrogen and oxygen atoms in total. The normalized spacial score (nSPS) is 24.8. The van der Waals surface area contributed by atoms with Gasteiger partial charge in [-0.2, -0.15) is 4.98 Å². The van der Waals surface area contributed by atoms with Gasteiger partial charge < -0.3 is 9.84 Å². The second-order valence-corrected chi connectivity index (χ2v) is 6.89. The molecule has 2 saturated carbocycles. The molecule has 0 spiro atoms. The monoisotopic (exact) mass is 329 g/mol. The standard InChI is InChI=1S/C18H20FN3O2/c1-11-20-17(22-24-11)18(8-4-5-9-18)21-16(23)14-10-13(14)12-6-2-3-7-15(12)19/h2-3,6-7,13-14H,4-5,8-10H2,1H3,(H,21,23). The quantitative estimate of drug-likeness (QED) is 0.935. The predicted molar refractivity (Wildman–Crippen MR) is 84.6 cm³/mol. The largest absolute Gasteiger partial charge is 0.343 e. The van der Waals surface area contributed by atoms with Gasteiger partial charge >= 0.3 is 0 Å². The van der Waals surface area contributed by atoms with Crippen LogP contribution in [0, 0.1) is 18.7 Å². The molecule has 1 N–H and O–H groups in total. The first kappa shape index (κ1) is 15.3. The van der Waals surface area contributed by atoms with Gasteiger partial charge in [0, 0.05) is 12.8 Å². The highest BCUT2D eigenvalue weighted by Gasteiger charge is 2.49. The summed E-state index contributed by atoms with van der Waals surface area (Å²) < 4.78 is 19.0. The van der Waals surface area contributed by atoms with Gasteiger partial charge in [-0.25, -0.2) is 4.39 Å². The number of hydrogen-bond acceptors (Lipinski definition) is 4. The minimum absolute atomic E-state index is 0.0309. The summed E-state index contributed by atoms with van der Waals surface area (Å²) in [4.78, 5) is 17.1. The molecule has 0 aliphatic heterocycles. The van der Waals surface area contributed by atoms with Gasteiger partial charge in [0.2, 0.25) is 11.8 Å². The first-order valence-corrected chi connectivity index (χ1v) is 8.46. The summed E-state index contributed by atoms with van der Waals surface area (Å²) in [5.74, 6) is 0.592. The van der Waals surface area contributed by atoms with Gasteiger partial charge in [0.1, 0.15) is 11.4 Å². The Balaban J connectivity index is 1.50. The highest BCUT2D eigenvalue weighted by atomic mass is 19.1. The van der Waals surface area contributed by atoms with E-state index in [1.165, 1.54) is 6.07 Å². The van der Waals surface area contributed by atoms with Crippen molar-refractivity contribution < 1.29 is 13.7 Å². The first-order valence-electron chi connectivity index (χ1n) is 8.46. The van der Waals surface area contributed by atoms with Crippen molar-refractivity contribution in [3.05, 3.63) is 47.4 Å². The first-order chi connectivity index (χ1) is 11.6. The molecule has 1 amide bonds. The van der Waals surface area contributed by atoms with Crippen LogP contribution in [0.15, 0.2) is 28.8 Å². The maximum atomic E-state index is 13.9. The van der Waals surface area contributed by atoms with E-state index in [-0.39, 0.29) is 23.6 Å². The summed E-state index contributed by atoms with van der Waals surface area (Å²) in [6, 6.07) is 6.69. The van der Waals surface area contributed by atoms with Crippen molar-refractivity contribution >= 4 is 5.91 Å². The summed E-state index contributed by atoms with van der Waals surface area (Å²) in [7, 11) is 0. The molecule has 2 aliphatic carbocycles. The second-order valence-electron chi connectivity index (χ2n) is 6.89. The van der Waals surface area contributed by atoms with Crippen molar-refractivity contribution in [2.24, 2.45) is 5.92 Å². The molecule has 0 radical (unpaired) electrons. The van der Waals surface area contributed by atoms with Gasteiger partial charge in [0.25, 0.3) is 0 Å². The zero-order valence-corrected chi connectivity index (χ0v) is 13.6. The van der Waals surface area contributed by atoms with Crippen LogP contribution in [0.3, 0.4) is 0 Å². The molecular formula is C18H20FN3O2. The lowest BCUT2D eigenvalue weighted by molar-refractivity contribution is -0.124. The van der Waals surface area contributed by atoms with Crippen LogP contribution in [0.25, 0.3) is 0 Å². The smallest absolute Gasteiger partial charge is 0.224 e. The minimum atomic E-state index is -0.531. The molecule has 1 heterocycles. The van der Waals surface area contributed by atoms with Crippen LogP contribution >= 0.6 is 0 Å². The molecule has 6 heteroatoms. The fourth-order valence-electron chi connectivity index (χ4n) is 3.81. The molecule has 2 unspecified atom stereocenters. The Morgan fingerprint density at radius 2 is 2.08 bits per heavy atom. The fourth-order valence-corrected chi connectivity index (χ4v) is 3.81. The van der Waals surface area contributed by atoms with Gasteiger partial charge in [0.05, 0.1) is 0 Å². The lowest BCUT2D eigenvalue weighted by atomic mass is 9.96. The molecule has 2 aliphatic rings. The molecule has 2 fully saturated rings. The maximum Gasteiger partial charge on any atom is 0.224 e. The van der Waals surface area contributed by atoms with E-state index in [9.17, 15) is 9.18 Å². The van der Waals surface area contributed by atoms with E-state index < -0.39 is 5.54 Å². The number of aryl methyl sites for hydroxylation is 1. The van der Waals surface area contributed by atoms with E-state index >= 15 is 0 Å². The van der Waals surface area contributed by atoms with Crippen molar-refractivity contribution in [2.75, 3.05) is 0 Å². The molecular weight excluding hydrogens is 309 g/mol. The number of hydrogen-bond donors (Lipinski definition) is 1. The van der Waals surface area contributed by atoms with Crippen LogP contribution < -0.4 is 5.32 Å². The third-order valence-corrected chi connectivity index (χ3v) is 5.21. The summed E-state index contributed by atoms with van der Waals surface area (Å²) in [6.07, 6.45) is 4.36. The Bertz CT molecular complexity index is 767. The summed E-state index contributed by atoms with van der Waals surface area (Å²) in [5, 5.41) is 7.19. The molecule has 0 bridgehead atoms. The van der Waals surface area contributed by atoms with Crippen LogP contribution in [0.2, 0.25) is 0 Å². The van der Waals surface area contributed by atoms with Crippen LogP contribution in [-0.2, 0) is 10.3 Å². The predicted octanol–water partition coefficient (Wildman–Crippen LogP) is 3.21. The zero-order chi connectivity index (χ0) is 16.7. The van der Waals surface area contributed by atoms with Crippen molar-refractivity contribution in [3.8, 4) is 0 Å². The van der Waals surface area contributed by atoms with E-state index in [0.29, 0.717) is 23.7 Å². The molecule has 4 rings (SSSR count). The molecule has 1 aromatic carbocycles. The lowest BCUT2D eigenvalue weighted by Crippen LogP contribution is -2.45. The zero-order valence-electron chi connectivity index (χ0n) is 13.6. The SMILES string of the molecule is Cc1nc(C2(NC(=O)C3CC3c3ccccc3F)CCCC2)no1. The van der Waals surface area contributed by atoms with Crippen molar-refractivity contribution in [3.63, 3.8) is 0 Å². The Morgan fingerprint density at radius 1 is 1.33 bits per heavy atom. The maximum absolute atomic E-state index is 13.9. The number of carbonyl (C=O) groups is 1. The molecule has 24 heavy (non-hydrogen) atoms. The number of nitrogens with one attached hydrogen (secondary N) is 1. The highest BCUT2D eigenvalue weighted by Crippen LogP contribution is 2.49. The van der Waals surface area contributed by atoms with Crippen molar-refractivity contribution in [1.82, 2.24) is 15.5 Å². The number of aromatic nitrogens is 2. The molecule has 126 valence electrons. The number of halogens is 1. The van der Waals surface area contributed by atoms with E-state index in [4.69, 9.17) is 4.52 Å². The molecule has 0 saturated heterocycles. The Morgan fingerprint density at radius 3 is 2.75 bits per heavy atom. The third-order valence-electron chi connectivity index (χ3n) is 5.21. The summed E-state index contributed by atoms with van der Waals surface area (Å²) in [5.41, 5.74) is 0.102. The van der Waals surface area contributed by atoms with E-state index in [2.05, 4.69) is 15.5 Å². The van der Waals surface area contributed by atoms with Crippen LogP contribution in [-0.4, -0.2) is 16.0 Å². The van der Waals surface area contributed by atoms with Gasteiger partial charge in [-0.15, -0.1) is 0 Å². The van der Waals surface area contributed by atoms with Crippen molar-refractivity contribution in [1.29, 1.82) is 0 Å². The third kappa shape index (κ3) is 2.60. The average Bonchev–Trinajstić information content (AvgIpc) is 3.00. The Labute approximate surface area is 139 Å². The van der Waals surface area contributed by atoms with Crippen LogP contribution in [0.1, 0.15) is 55.3 Å². The van der Waals surface area contributed by atoms with E-state index in [0.717, 1.165) is 25.7 Å². The second kappa shape index (κ2) is 5.69. The topological polar surface area (TPSA) is 68.0 Å². The number of rotatable bonds is 4. The van der Waals surface area contributed by atoms with Gasteiger partial charge in [-0.05, 0) is 36.8 Å². The summed E-state index contributed by atoms with van der Waals surface area (Å²) >= 11 is 0. The highest BCUT2D eigenvalue weighted by molar-refractivity contribution is 5.83. The van der Waals surface area contributed by atoms with E-state index in [1.807, 2.05) is 6.07 Å². The molecule has 2 atom stereocenters. The van der Waals surface area contributed by atoms with Crippen molar-refractivity contribution in [2.45, 2.75) is 50.5 Å². The van der Waals surface area contributed by atoms with Crippen LogP contribution in [0.5, 0.6) is 0 Å². The number of nitrogens with zero attached hydrogens (tertiary/aromatic N) is 2. The lowest BCUT2D eigenvalue weighted by Gasteiger charge is -2.27. The van der Waals surface area contributed by atoms with Crippen LogP contribution in [0.4, 0.5) is 4.39 Å². The van der Waals surface area contributed by atoms with E-state index in [1.54, 1.807) is 19.1 Å². The van der Waals surface area contributed by atoms with Gasteiger partial charge in [-0.1, -0.05) is 36.2 Å². The summed E-state index contributed by atoms with van der Waals surface area (Å²) in [6.45, 7) is 1.75. The number of benzene rings is 1. The Kier molecular flexibility index (Phi) is 3.62. The number of carbonyl (C=O) groups excluding carboxylic acids is 1. The number of amides is 1.